The molecule has 2 saturated heterocycles. The summed E-state index contributed by atoms with van der Waals surface area (Å²) in [6, 6.07) is 16.2. The summed E-state index contributed by atoms with van der Waals surface area (Å²) < 4.78 is 13.3. The molecule has 5 rings (SSSR count). The molecule has 218 valence electrons. The number of para-hydroxylation sites is 1. The summed E-state index contributed by atoms with van der Waals surface area (Å²) >= 11 is 0. The van der Waals surface area contributed by atoms with Gasteiger partial charge in [0, 0.05) is 69.7 Å². The van der Waals surface area contributed by atoms with Crippen LogP contribution in [0.4, 0.5) is 15.9 Å². The van der Waals surface area contributed by atoms with Crippen LogP contribution >= 0.6 is 0 Å². The van der Waals surface area contributed by atoms with Gasteiger partial charge in [-0.2, -0.15) is 0 Å². The Bertz CT molecular complexity index is 1340. The van der Waals surface area contributed by atoms with Crippen LogP contribution in [-0.4, -0.2) is 79.1 Å². The normalized spacial score (nSPS) is 18.2. The minimum atomic E-state index is -0.341. The average molecular weight is 559 g/mol. The quantitative estimate of drug-likeness (QED) is 0.442. The zero-order valence-electron chi connectivity index (χ0n) is 24.7. The summed E-state index contributed by atoms with van der Waals surface area (Å²) in [5.41, 5.74) is 12.7. The number of anilines is 2. The van der Waals surface area contributed by atoms with E-state index in [4.69, 9.17) is 5.73 Å². The number of carbonyl (C=O) groups excluding carboxylic acids is 1. The molecule has 1 unspecified atom stereocenters. The lowest BCUT2D eigenvalue weighted by molar-refractivity contribution is 0.0672. The van der Waals surface area contributed by atoms with Crippen molar-refractivity contribution in [2.24, 2.45) is 5.73 Å². The van der Waals surface area contributed by atoms with Crippen LogP contribution in [0.5, 0.6) is 0 Å². The Kier molecular flexibility index (Phi) is 9.20. The summed E-state index contributed by atoms with van der Waals surface area (Å²) in [6.45, 7) is 13.7. The van der Waals surface area contributed by atoms with E-state index in [-0.39, 0.29) is 17.8 Å². The molecule has 41 heavy (non-hydrogen) atoms. The number of rotatable bonds is 8. The topological polar surface area (TPSA) is 68.9 Å². The fourth-order valence-electron chi connectivity index (χ4n) is 6.19. The molecule has 2 N–H and O–H groups in total. The molecule has 2 fully saturated rings. The Morgan fingerprint density at radius 2 is 1.71 bits per heavy atom. The number of pyridine rings is 1. The molecule has 1 atom stereocenters. The van der Waals surface area contributed by atoms with Crippen LogP contribution in [0, 0.1) is 19.7 Å². The van der Waals surface area contributed by atoms with Crippen LogP contribution in [0.2, 0.25) is 0 Å². The minimum absolute atomic E-state index is 0.0214. The lowest BCUT2D eigenvalue weighted by atomic mass is 9.97. The number of hydrogen-bond acceptors (Lipinski definition) is 6. The lowest BCUT2D eigenvalue weighted by Gasteiger charge is -2.40. The predicted molar refractivity (Wildman–Crippen MR) is 164 cm³/mol. The predicted octanol–water partition coefficient (Wildman–Crippen LogP) is 4.40. The second kappa shape index (κ2) is 13.0. The summed E-state index contributed by atoms with van der Waals surface area (Å²) in [5.74, 6) is 0.493. The SMILES string of the molecule is Cc1cc(C)c(C(=O)N2CCN(c3ccc(F)cn3)CC2C)cc1CN1CCN(c2ccccc2CCCN)CC1. The maximum Gasteiger partial charge on any atom is 0.254 e. The van der Waals surface area contributed by atoms with Crippen LogP contribution < -0.4 is 15.5 Å². The third kappa shape index (κ3) is 6.71. The molecule has 3 aromatic rings. The highest BCUT2D eigenvalue weighted by Gasteiger charge is 2.30. The average Bonchev–Trinajstić information content (AvgIpc) is 2.98. The van der Waals surface area contributed by atoms with Crippen molar-refractivity contribution in [2.75, 3.05) is 62.2 Å². The highest BCUT2D eigenvalue weighted by atomic mass is 19.1. The van der Waals surface area contributed by atoms with Gasteiger partial charge in [0.25, 0.3) is 5.91 Å². The van der Waals surface area contributed by atoms with Crippen molar-refractivity contribution < 1.29 is 9.18 Å². The van der Waals surface area contributed by atoms with Crippen LogP contribution in [-0.2, 0) is 13.0 Å². The number of benzene rings is 2. The van der Waals surface area contributed by atoms with Crippen LogP contribution in [0.25, 0.3) is 0 Å². The number of carbonyl (C=O) groups is 1. The number of nitrogens with two attached hydrogens (primary N) is 1. The van der Waals surface area contributed by atoms with Crippen molar-refractivity contribution >= 4 is 17.4 Å². The van der Waals surface area contributed by atoms with Gasteiger partial charge in [-0.05, 0) is 86.7 Å². The van der Waals surface area contributed by atoms with E-state index >= 15 is 0 Å². The lowest BCUT2D eigenvalue weighted by Crippen LogP contribution is -2.54. The van der Waals surface area contributed by atoms with Gasteiger partial charge in [0.1, 0.15) is 11.6 Å². The molecule has 2 aliphatic heterocycles. The Morgan fingerprint density at radius 3 is 2.41 bits per heavy atom. The number of hydrogen-bond donors (Lipinski definition) is 1. The highest BCUT2D eigenvalue weighted by molar-refractivity contribution is 5.96. The van der Waals surface area contributed by atoms with Gasteiger partial charge in [-0.25, -0.2) is 9.37 Å². The van der Waals surface area contributed by atoms with Gasteiger partial charge in [-0.1, -0.05) is 24.3 Å². The smallest absolute Gasteiger partial charge is 0.254 e. The van der Waals surface area contributed by atoms with Gasteiger partial charge in [0.15, 0.2) is 0 Å². The number of piperazine rings is 2. The van der Waals surface area contributed by atoms with Crippen LogP contribution in [0.1, 0.15) is 46.0 Å². The zero-order chi connectivity index (χ0) is 28.9. The minimum Gasteiger partial charge on any atom is -0.369 e. The molecule has 7 nitrogen and oxygen atoms in total. The fraction of sp³-hybridized carbons (Fsp3) is 0.455. The van der Waals surface area contributed by atoms with Gasteiger partial charge in [-0.3, -0.25) is 9.69 Å². The van der Waals surface area contributed by atoms with Crippen molar-refractivity contribution in [3.05, 3.63) is 88.4 Å². The first-order chi connectivity index (χ1) is 19.8. The molecule has 1 aromatic heterocycles. The number of amides is 1. The Balaban J connectivity index is 1.22. The van der Waals surface area contributed by atoms with Gasteiger partial charge in [0.05, 0.1) is 6.20 Å². The van der Waals surface area contributed by atoms with Gasteiger partial charge >= 0.3 is 0 Å². The van der Waals surface area contributed by atoms with E-state index in [0.29, 0.717) is 26.2 Å². The van der Waals surface area contributed by atoms with Gasteiger partial charge in [-0.15, -0.1) is 0 Å². The van der Waals surface area contributed by atoms with E-state index in [1.54, 1.807) is 6.07 Å². The largest absolute Gasteiger partial charge is 0.369 e. The summed E-state index contributed by atoms with van der Waals surface area (Å²) in [4.78, 5) is 27.1. The van der Waals surface area contributed by atoms with Crippen LogP contribution in [0.15, 0.2) is 54.7 Å². The second-order valence-corrected chi connectivity index (χ2v) is 11.5. The molecule has 2 aliphatic rings. The van der Waals surface area contributed by atoms with E-state index < -0.39 is 0 Å². The maximum atomic E-state index is 13.8. The van der Waals surface area contributed by atoms with Crippen molar-refractivity contribution in [1.82, 2.24) is 14.8 Å². The van der Waals surface area contributed by atoms with Crippen molar-refractivity contribution in [3.63, 3.8) is 0 Å². The summed E-state index contributed by atoms with van der Waals surface area (Å²) in [5, 5.41) is 0. The van der Waals surface area contributed by atoms with Gasteiger partial charge < -0.3 is 20.4 Å². The Labute approximate surface area is 243 Å². The number of nitrogens with zero attached hydrogens (tertiary/aromatic N) is 5. The van der Waals surface area contributed by atoms with E-state index in [9.17, 15) is 9.18 Å². The first-order valence-electron chi connectivity index (χ1n) is 14.9. The van der Waals surface area contributed by atoms with E-state index in [0.717, 1.165) is 62.5 Å². The van der Waals surface area contributed by atoms with Crippen LogP contribution in [0.3, 0.4) is 0 Å². The first-order valence-corrected chi connectivity index (χ1v) is 14.9. The van der Waals surface area contributed by atoms with Crippen molar-refractivity contribution in [2.45, 2.75) is 46.2 Å². The third-order valence-corrected chi connectivity index (χ3v) is 8.59. The molecular weight excluding hydrogens is 515 g/mol. The standard InChI is InChI=1S/C33H43FN6O/c1-24-19-25(2)30(33(41)40-18-17-39(22-26(40)3)32-11-10-29(34)21-36-32)20-28(24)23-37-13-15-38(16-14-37)31-9-5-4-7-27(31)8-6-12-35/h4-5,7,9-11,19-21,26H,6,8,12-18,22-23,35H2,1-3H3. The molecule has 0 aliphatic carbocycles. The molecule has 0 saturated carbocycles. The summed E-state index contributed by atoms with van der Waals surface area (Å²) in [7, 11) is 0. The Morgan fingerprint density at radius 1 is 0.951 bits per heavy atom. The number of aryl methyl sites for hydroxylation is 3. The molecular formula is C33H43FN6O. The third-order valence-electron chi connectivity index (χ3n) is 8.59. The monoisotopic (exact) mass is 558 g/mol. The Hall–Kier alpha value is -3.49. The highest BCUT2D eigenvalue weighted by Crippen LogP contribution is 2.26. The van der Waals surface area contributed by atoms with Crippen molar-refractivity contribution in [1.29, 1.82) is 0 Å². The maximum absolute atomic E-state index is 13.8. The second-order valence-electron chi connectivity index (χ2n) is 11.5. The number of aromatic nitrogens is 1. The molecule has 3 heterocycles. The zero-order valence-corrected chi connectivity index (χ0v) is 24.7. The molecule has 0 radical (unpaired) electrons. The molecule has 2 aromatic carbocycles. The molecule has 0 bridgehead atoms. The van der Waals surface area contributed by atoms with Gasteiger partial charge in [0.2, 0.25) is 0 Å². The van der Waals surface area contributed by atoms with Crippen molar-refractivity contribution in [3.8, 4) is 0 Å². The fourth-order valence-corrected chi connectivity index (χ4v) is 6.19. The molecule has 8 heteroatoms. The van der Waals surface area contributed by atoms with E-state index in [1.807, 2.05) is 11.8 Å². The molecule has 1 amide bonds. The van der Waals surface area contributed by atoms with E-state index in [2.05, 4.69) is 69.9 Å². The first kappa shape index (κ1) is 29.0. The number of halogens is 1. The molecule has 0 spiro atoms. The summed E-state index contributed by atoms with van der Waals surface area (Å²) in [6.07, 6.45) is 3.27. The van der Waals surface area contributed by atoms with E-state index in [1.165, 1.54) is 34.6 Å².